The minimum Gasteiger partial charge on any atom is -0.462 e. The summed E-state index contributed by atoms with van der Waals surface area (Å²) < 4.78 is 10.2. The number of amides is 1. The summed E-state index contributed by atoms with van der Waals surface area (Å²) in [6.07, 6.45) is 0. The summed E-state index contributed by atoms with van der Waals surface area (Å²) >= 11 is 0. The van der Waals surface area contributed by atoms with Crippen molar-refractivity contribution in [1.82, 2.24) is 5.32 Å². The van der Waals surface area contributed by atoms with Gasteiger partial charge in [0.15, 0.2) is 0 Å². The molecule has 0 heterocycles. The van der Waals surface area contributed by atoms with Crippen LogP contribution in [0.3, 0.4) is 0 Å². The van der Waals surface area contributed by atoms with Crippen LogP contribution in [0.2, 0.25) is 0 Å². The lowest BCUT2D eigenvalue weighted by molar-refractivity contribution is -0.169. The first-order valence-corrected chi connectivity index (χ1v) is 7.71. The van der Waals surface area contributed by atoms with Crippen molar-refractivity contribution in [3.63, 3.8) is 0 Å². The Labute approximate surface area is 141 Å². The lowest BCUT2D eigenvalue weighted by Gasteiger charge is -2.27. The van der Waals surface area contributed by atoms with Crippen LogP contribution in [0.1, 0.15) is 24.2 Å². The fraction of sp³-hybridized carbons (Fsp3) is 0.263. The number of benzene rings is 2. The highest BCUT2D eigenvalue weighted by Gasteiger charge is 2.37. The molecule has 2 aromatic rings. The fourth-order valence-corrected chi connectivity index (χ4v) is 2.29. The summed E-state index contributed by atoms with van der Waals surface area (Å²) in [7, 11) is 1.35. The maximum atomic E-state index is 12.7. The van der Waals surface area contributed by atoms with E-state index >= 15 is 0 Å². The highest BCUT2D eigenvalue weighted by atomic mass is 16.6. The van der Waals surface area contributed by atoms with Crippen molar-refractivity contribution in [1.29, 1.82) is 0 Å². The van der Waals surface area contributed by atoms with Crippen LogP contribution in [0.15, 0.2) is 54.6 Å². The van der Waals surface area contributed by atoms with Crippen LogP contribution in [-0.2, 0) is 14.3 Å². The van der Waals surface area contributed by atoms with E-state index in [2.05, 4.69) is 5.32 Å². The maximum Gasteiger partial charge on any atom is 0.359 e. The number of esters is 1. The Morgan fingerprint density at radius 1 is 1.04 bits per heavy atom. The Hall–Kier alpha value is -2.66. The van der Waals surface area contributed by atoms with E-state index in [1.807, 2.05) is 42.5 Å². The van der Waals surface area contributed by atoms with E-state index in [4.69, 9.17) is 9.47 Å². The first kappa shape index (κ1) is 17.7. The second-order valence-corrected chi connectivity index (χ2v) is 5.32. The van der Waals surface area contributed by atoms with Crippen molar-refractivity contribution in [2.24, 2.45) is 0 Å². The normalized spacial score (nSPS) is 13.0. The molecule has 0 aliphatic heterocycles. The molecule has 0 fully saturated rings. The topological polar surface area (TPSA) is 64.6 Å². The summed E-state index contributed by atoms with van der Waals surface area (Å²) in [4.78, 5) is 24.8. The molecule has 0 spiro atoms. The molecule has 0 unspecified atom stereocenters. The smallest absolute Gasteiger partial charge is 0.359 e. The van der Waals surface area contributed by atoms with Gasteiger partial charge in [0.25, 0.3) is 5.91 Å². The average molecular weight is 327 g/mol. The Morgan fingerprint density at radius 2 is 1.67 bits per heavy atom. The van der Waals surface area contributed by atoms with Crippen LogP contribution >= 0.6 is 0 Å². The first-order chi connectivity index (χ1) is 11.5. The van der Waals surface area contributed by atoms with Gasteiger partial charge < -0.3 is 14.8 Å². The van der Waals surface area contributed by atoms with Crippen LogP contribution in [0.25, 0.3) is 11.1 Å². The summed E-state index contributed by atoms with van der Waals surface area (Å²) in [5, 5.41) is 2.62. The highest BCUT2D eigenvalue weighted by Crippen LogP contribution is 2.24. The van der Waals surface area contributed by atoms with E-state index in [0.29, 0.717) is 5.56 Å². The van der Waals surface area contributed by atoms with Crippen LogP contribution in [0, 0.1) is 0 Å². The van der Waals surface area contributed by atoms with Gasteiger partial charge >= 0.3 is 5.97 Å². The van der Waals surface area contributed by atoms with Gasteiger partial charge in [-0.2, -0.15) is 0 Å². The number of carbonyl (C=O) groups excluding carboxylic acids is 2. The van der Waals surface area contributed by atoms with Crippen molar-refractivity contribution in [3.8, 4) is 11.1 Å². The number of nitrogens with one attached hydrogen (secondary N) is 1. The molecule has 0 aromatic heterocycles. The second kappa shape index (κ2) is 7.75. The first-order valence-electron chi connectivity index (χ1n) is 7.71. The van der Waals surface area contributed by atoms with E-state index in [-0.39, 0.29) is 6.61 Å². The molecule has 0 bridgehead atoms. The summed E-state index contributed by atoms with van der Waals surface area (Å²) in [6, 6.07) is 16.8. The zero-order valence-corrected chi connectivity index (χ0v) is 14.0. The third-order valence-corrected chi connectivity index (χ3v) is 3.68. The summed E-state index contributed by atoms with van der Waals surface area (Å²) in [6.45, 7) is 3.36. The van der Waals surface area contributed by atoms with E-state index in [1.54, 1.807) is 19.1 Å². The van der Waals surface area contributed by atoms with E-state index in [1.165, 1.54) is 14.0 Å². The monoisotopic (exact) mass is 327 g/mol. The predicted octanol–water partition coefficient (Wildman–Crippen LogP) is 3.01. The predicted molar refractivity (Wildman–Crippen MR) is 91.4 cm³/mol. The quantitative estimate of drug-likeness (QED) is 0.654. The highest BCUT2D eigenvalue weighted by molar-refractivity contribution is 6.02. The van der Waals surface area contributed by atoms with Crippen LogP contribution in [-0.4, -0.2) is 31.3 Å². The molecule has 1 N–H and O–H groups in total. The molecule has 0 aliphatic carbocycles. The Balaban J connectivity index is 2.32. The van der Waals surface area contributed by atoms with Gasteiger partial charge in [-0.1, -0.05) is 48.5 Å². The molecule has 0 saturated carbocycles. The van der Waals surface area contributed by atoms with Crippen molar-refractivity contribution in [2.45, 2.75) is 19.6 Å². The number of rotatable bonds is 6. The second-order valence-electron chi connectivity index (χ2n) is 5.32. The van der Waals surface area contributed by atoms with E-state index in [0.717, 1.165) is 11.1 Å². The van der Waals surface area contributed by atoms with Crippen molar-refractivity contribution < 1.29 is 19.1 Å². The number of hydrogen-bond acceptors (Lipinski definition) is 4. The van der Waals surface area contributed by atoms with Crippen LogP contribution < -0.4 is 5.32 Å². The van der Waals surface area contributed by atoms with Crippen molar-refractivity contribution >= 4 is 11.9 Å². The Kier molecular flexibility index (Phi) is 5.71. The molecule has 0 radical (unpaired) electrons. The van der Waals surface area contributed by atoms with E-state index < -0.39 is 17.6 Å². The lowest BCUT2D eigenvalue weighted by atomic mass is 9.99. The number of carbonyl (C=O) groups is 2. The molecule has 0 saturated heterocycles. The van der Waals surface area contributed by atoms with Gasteiger partial charge in [0.1, 0.15) is 0 Å². The van der Waals surface area contributed by atoms with E-state index in [9.17, 15) is 9.59 Å². The molecule has 1 amide bonds. The maximum absolute atomic E-state index is 12.7. The molecule has 24 heavy (non-hydrogen) atoms. The van der Waals surface area contributed by atoms with Gasteiger partial charge in [0.05, 0.1) is 6.61 Å². The van der Waals surface area contributed by atoms with Crippen molar-refractivity contribution in [3.05, 3.63) is 60.2 Å². The fourth-order valence-electron chi connectivity index (χ4n) is 2.29. The lowest BCUT2D eigenvalue weighted by Crippen LogP contribution is -2.54. The SMILES string of the molecule is CCOC(=O)[C@@](C)(NC(=O)c1ccccc1-c1ccccc1)OC. The van der Waals surface area contributed by atoms with Gasteiger partial charge in [0.2, 0.25) is 5.72 Å². The molecule has 2 aromatic carbocycles. The summed E-state index contributed by atoms with van der Waals surface area (Å²) in [5.74, 6) is -1.05. The Bertz CT molecular complexity index is 714. The van der Waals surface area contributed by atoms with Crippen LogP contribution in [0.4, 0.5) is 0 Å². The third kappa shape index (κ3) is 3.81. The minimum absolute atomic E-state index is 0.203. The largest absolute Gasteiger partial charge is 0.462 e. The third-order valence-electron chi connectivity index (χ3n) is 3.68. The summed E-state index contributed by atoms with van der Waals surface area (Å²) in [5.41, 5.74) is 0.601. The number of hydrogen-bond donors (Lipinski definition) is 1. The van der Waals surface area contributed by atoms with Crippen molar-refractivity contribution in [2.75, 3.05) is 13.7 Å². The standard InChI is InChI=1S/C19H21NO4/c1-4-24-18(22)19(2,23-3)20-17(21)16-13-9-8-12-15(16)14-10-6-5-7-11-14/h5-13H,4H2,1-3H3,(H,20,21)/t19-/m0/s1. The van der Waals surface area contributed by atoms with Gasteiger partial charge in [-0.05, 0) is 31.0 Å². The molecule has 2 rings (SSSR count). The zero-order chi connectivity index (χ0) is 17.6. The molecule has 1 atom stereocenters. The number of methoxy groups -OCH3 is 1. The minimum atomic E-state index is -1.54. The molecule has 5 heteroatoms. The van der Waals surface area contributed by atoms with Gasteiger partial charge in [0, 0.05) is 12.7 Å². The Morgan fingerprint density at radius 3 is 2.29 bits per heavy atom. The average Bonchev–Trinajstić information content (AvgIpc) is 2.62. The number of ether oxygens (including phenoxy) is 2. The molecule has 126 valence electrons. The molecular formula is C19H21NO4. The van der Waals surface area contributed by atoms with Gasteiger partial charge in [-0.3, -0.25) is 4.79 Å². The van der Waals surface area contributed by atoms with Gasteiger partial charge in [-0.15, -0.1) is 0 Å². The molecular weight excluding hydrogens is 306 g/mol. The van der Waals surface area contributed by atoms with Crippen LogP contribution in [0.5, 0.6) is 0 Å². The van der Waals surface area contributed by atoms with Gasteiger partial charge in [-0.25, -0.2) is 4.79 Å². The molecule has 0 aliphatic rings. The zero-order valence-electron chi connectivity index (χ0n) is 14.0. The molecule has 5 nitrogen and oxygen atoms in total.